The molecule has 0 N–H and O–H groups in total. The monoisotopic (exact) mass is 304 g/mol. The molecule has 0 saturated heterocycles. The zero-order valence-electron chi connectivity index (χ0n) is 11.4. The van der Waals surface area contributed by atoms with Crippen LogP contribution in [0.1, 0.15) is 21.5 Å². The summed E-state index contributed by atoms with van der Waals surface area (Å²) in [4.78, 5) is 12.1. The van der Waals surface area contributed by atoms with Crippen molar-refractivity contribution in [3.05, 3.63) is 58.1 Å². The Morgan fingerprint density at radius 2 is 2.10 bits per heavy atom. The van der Waals surface area contributed by atoms with E-state index in [4.69, 9.17) is 25.8 Å². The molecule has 108 valence electrons. The van der Waals surface area contributed by atoms with Crippen molar-refractivity contribution < 1.29 is 19.0 Å². The fourth-order valence-electron chi connectivity index (χ4n) is 2.08. The summed E-state index contributed by atoms with van der Waals surface area (Å²) in [5.41, 5.74) is 2.39. The van der Waals surface area contributed by atoms with E-state index in [2.05, 4.69) is 0 Å². The quantitative estimate of drug-likeness (QED) is 0.810. The molecule has 0 atom stereocenters. The van der Waals surface area contributed by atoms with Crippen LogP contribution in [0.2, 0.25) is 5.02 Å². The van der Waals surface area contributed by atoms with E-state index in [1.807, 2.05) is 31.2 Å². The summed E-state index contributed by atoms with van der Waals surface area (Å²) in [5.74, 6) is 0.482. The molecule has 0 fully saturated rings. The number of halogens is 1. The maximum absolute atomic E-state index is 12.1. The number of rotatable bonds is 3. The number of carbonyl (C=O) groups excluding carboxylic acids is 1. The Hall–Kier alpha value is -2.20. The third kappa shape index (κ3) is 2.81. The second kappa shape index (κ2) is 5.66. The first kappa shape index (κ1) is 13.8. The molecule has 0 saturated carbocycles. The van der Waals surface area contributed by atoms with Crippen LogP contribution >= 0.6 is 11.6 Å². The first-order valence-electron chi connectivity index (χ1n) is 6.46. The number of hydrogen-bond acceptors (Lipinski definition) is 4. The van der Waals surface area contributed by atoms with Gasteiger partial charge in [-0.15, -0.1) is 0 Å². The third-order valence-corrected chi connectivity index (χ3v) is 3.56. The number of esters is 1. The lowest BCUT2D eigenvalue weighted by atomic mass is 10.1. The van der Waals surface area contributed by atoms with Crippen molar-refractivity contribution in [2.45, 2.75) is 13.5 Å². The van der Waals surface area contributed by atoms with Gasteiger partial charge in [-0.05, 0) is 30.2 Å². The van der Waals surface area contributed by atoms with E-state index in [0.29, 0.717) is 22.1 Å². The Morgan fingerprint density at radius 3 is 2.90 bits per heavy atom. The molecule has 0 amide bonds. The van der Waals surface area contributed by atoms with Gasteiger partial charge in [0.25, 0.3) is 0 Å². The first-order chi connectivity index (χ1) is 10.1. The van der Waals surface area contributed by atoms with E-state index in [1.165, 1.54) is 6.07 Å². The molecule has 0 spiro atoms. The van der Waals surface area contributed by atoms with Crippen LogP contribution in [-0.2, 0) is 11.3 Å². The smallest absolute Gasteiger partial charge is 0.338 e. The Bertz CT molecular complexity index is 697. The van der Waals surface area contributed by atoms with Gasteiger partial charge in [0, 0.05) is 0 Å². The van der Waals surface area contributed by atoms with E-state index in [0.717, 1.165) is 11.1 Å². The lowest BCUT2D eigenvalue weighted by molar-refractivity contribution is 0.0471. The Labute approximate surface area is 127 Å². The minimum atomic E-state index is -0.446. The average molecular weight is 305 g/mol. The molecule has 5 heteroatoms. The SMILES string of the molecule is Cc1ccccc1COC(=O)c1cc(Cl)c2c(c1)OCO2. The van der Waals surface area contributed by atoms with Crippen LogP contribution in [0, 0.1) is 6.92 Å². The van der Waals surface area contributed by atoms with Crippen LogP contribution in [0.5, 0.6) is 11.5 Å². The van der Waals surface area contributed by atoms with Crippen LogP contribution in [0.25, 0.3) is 0 Å². The number of ether oxygens (including phenoxy) is 3. The molecule has 2 aromatic rings. The van der Waals surface area contributed by atoms with Gasteiger partial charge in [-0.1, -0.05) is 35.9 Å². The highest BCUT2D eigenvalue weighted by Crippen LogP contribution is 2.39. The normalized spacial score (nSPS) is 12.3. The molecule has 4 nitrogen and oxygen atoms in total. The van der Waals surface area contributed by atoms with E-state index in [-0.39, 0.29) is 13.4 Å². The second-order valence-electron chi connectivity index (χ2n) is 4.69. The van der Waals surface area contributed by atoms with Gasteiger partial charge >= 0.3 is 5.97 Å². The maximum Gasteiger partial charge on any atom is 0.338 e. The fraction of sp³-hybridized carbons (Fsp3) is 0.188. The van der Waals surface area contributed by atoms with Crippen molar-refractivity contribution >= 4 is 17.6 Å². The molecule has 1 heterocycles. The summed E-state index contributed by atoms with van der Waals surface area (Å²) in [6.45, 7) is 2.30. The third-order valence-electron chi connectivity index (χ3n) is 3.28. The molecule has 2 aromatic carbocycles. The molecule has 1 aliphatic heterocycles. The summed E-state index contributed by atoms with van der Waals surface area (Å²) < 4.78 is 15.8. The Morgan fingerprint density at radius 1 is 1.29 bits per heavy atom. The van der Waals surface area contributed by atoms with E-state index in [1.54, 1.807) is 6.07 Å². The van der Waals surface area contributed by atoms with Crippen molar-refractivity contribution in [2.24, 2.45) is 0 Å². The largest absolute Gasteiger partial charge is 0.457 e. The molecule has 1 aliphatic rings. The van der Waals surface area contributed by atoms with Crippen LogP contribution in [0.15, 0.2) is 36.4 Å². The molecular weight excluding hydrogens is 292 g/mol. The number of carbonyl (C=O) groups is 1. The van der Waals surface area contributed by atoms with Gasteiger partial charge in [0.15, 0.2) is 11.5 Å². The van der Waals surface area contributed by atoms with Crippen LogP contribution in [0.3, 0.4) is 0 Å². The van der Waals surface area contributed by atoms with Gasteiger partial charge in [0.1, 0.15) is 6.61 Å². The van der Waals surface area contributed by atoms with Crippen molar-refractivity contribution in [2.75, 3.05) is 6.79 Å². The molecular formula is C16H13ClO4. The minimum Gasteiger partial charge on any atom is -0.457 e. The maximum atomic E-state index is 12.1. The lowest BCUT2D eigenvalue weighted by Crippen LogP contribution is -2.06. The predicted octanol–water partition coefficient (Wildman–Crippen LogP) is 3.73. The molecule has 0 aliphatic carbocycles. The highest BCUT2D eigenvalue weighted by molar-refractivity contribution is 6.32. The molecule has 0 unspecified atom stereocenters. The van der Waals surface area contributed by atoms with Crippen LogP contribution < -0.4 is 9.47 Å². The van der Waals surface area contributed by atoms with Gasteiger partial charge in [-0.2, -0.15) is 0 Å². The summed E-state index contributed by atoms with van der Waals surface area (Å²) in [7, 11) is 0. The summed E-state index contributed by atoms with van der Waals surface area (Å²) in [6.07, 6.45) is 0. The van der Waals surface area contributed by atoms with Crippen LogP contribution in [-0.4, -0.2) is 12.8 Å². The van der Waals surface area contributed by atoms with Gasteiger partial charge < -0.3 is 14.2 Å². The molecule has 21 heavy (non-hydrogen) atoms. The van der Waals surface area contributed by atoms with E-state index < -0.39 is 5.97 Å². The van der Waals surface area contributed by atoms with Crippen molar-refractivity contribution in [3.8, 4) is 11.5 Å². The fourth-order valence-corrected chi connectivity index (χ4v) is 2.35. The number of hydrogen-bond donors (Lipinski definition) is 0. The molecule has 0 bridgehead atoms. The predicted molar refractivity (Wildman–Crippen MR) is 77.9 cm³/mol. The van der Waals surface area contributed by atoms with E-state index >= 15 is 0 Å². The second-order valence-corrected chi connectivity index (χ2v) is 5.10. The molecule has 0 aromatic heterocycles. The number of aryl methyl sites for hydroxylation is 1. The highest BCUT2D eigenvalue weighted by Gasteiger charge is 2.21. The average Bonchev–Trinajstić information content (AvgIpc) is 2.95. The number of fused-ring (bicyclic) bond motifs is 1. The minimum absolute atomic E-state index is 0.108. The topological polar surface area (TPSA) is 44.8 Å². The van der Waals surface area contributed by atoms with Crippen molar-refractivity contribution in [1.29, 1.82) is 0 Å². The highest BCUT2D eigenvalue weighted by atomic mass is 35.5. The summed E-state index contributed by atoms with van der Waals surface area (Å²) in [6, 6.07) is 10.9. The first-order valence-corrected chi connectivity index (χ1v) is 6.84. The van der Waals surface area contributed by atoms with Crippen molar-refractivity contribution in [1.82, 2.24) is 0 Å². The Balaban J connectivity index is 1.74. The standard InChI is InChI=1S/C16H13ClO4/c1-10-4-2-3-5-11(10)8-19-16(18)12-6-13(17)15-14(7-12)20-9-21-15/h2-7H,8-9H2,1H3. The summed E-state index contributed by atoms with van der Waals surface area (Å²) in [5, 5.41) is 0.341. The zero-order valence-corrected chi connectivity index (χ0v) is 12.1. The van der Waals surface area contributed by atoms with Crippen LogP contribution in [0.4, 0.5) is 0 Å². The van der Waals surface area contributed by atoms with Gasteiger partial charge in [0.2, 0.25) is 6.79 Å². The van der Waals surface area contributed by atoms with Gasteiger partial charge in [-0.3, -0.25) is 0 Å². The molecule has 0 radical (unpaired) electrons. The zero-order chi connectivity index (χ0) is 14.8. The van der Waals surface area contributed by atoms with Gasteiger partial charge in [0.05, 0.1) is 10.6 Å². The van der Waals surface area contributed by atoms with Gasteiger partial charge in [-0.25, -0.2) is 4.79 Å². The number of benzene rings is 2. The van der Waals surface area contributed by atoms with Crippen molar-refractivity contribution in [3.63, 3.8) is 0 Å². The summed E-state index contributed by atoms with van der Waals surface area (Å²) >= 11 is 6.05. The molecule has 3 rings (SSSR count). The van der Waals surface area contributed by atoms with E-state index in [9.17, 15) is 4.79 Å². The Kier molecular flexibility index (Phi) is 3.71. The lowest BCUT2D eigenvalue weighted by Gasteiger charge is -2.08.